The quantitative estimate of drug-likeness (QED) is 0.387. The zero-order chi connectivity index (χ0) is 17.8. The normalized spacial score (nSPS) is 11.1. The van der Waals surface area contributed by atoms with Crippen molar-refractivity contribution in [2.75, 3.05) is 5.32 Å². The molecule has 0 fully saturated rings. The zero-order valence-electron chi connectivity index (χ0n) is 13.1. The number of hydrogen-bond acceptors (Lipinski definition) is 4. The molecule has 5 heteroatoms. The van der Waals surface area contributed by atoms with Crippen LogP contribution in [-0.2, 0) is 4.79 Å². The number of rotatable bonds is 3. The van der Waals surface area contributed by atoms with Crippen LogP contribution in [0.4, 0.5) is 5.69 Å². The Kier molecular flexibility index (Phi) is 4.36. The second-order valence-electron chi connectivity index (χ2n) is 5.39. The highest BCUT2D eigenvalue weighted by atomic mass is 16.3. The molecule has 0 radical (unpaired) electrons. The summed E-state index contributed by atoms with van der Waals surface area (Å²) < 4.78 is 0. The van der Waals surface area contributed by atoms with Gasteiger partial charge in [-0.2, -0.15) is 5.26 Å². The van der Waals surface area contributed by atoms with Crippen LogP contribution < -0.4 is 5.32 Å². The summed E-state index contributed by atoms with van der Waals surface area (Å²) >= 11 is 0. The maximum Gasteiger partial charge on any atom is 0.266 e. The zero-order valence-corrected chi connectivity index (χ0v) is 13.1. The van der Waals surface area contributed by atoms with E-state index in [9.17, 15) is 20.3 Å². The van der Waals surface area contributed by atoms with Crippen LogP contribution in [0.15, 0.2) is 66.2 Å². The number of hydrogen-bond donors (Lipinski definition) is 3. The molecule has 5 nitrogen and oxygen atoms in total. The summed E-state index contributed by atoms with van der Waals surface area (Å²) in [5.41, 5.74) is 0.723. The van der Waals surface area contributed by atoms with Crippen molar-refractivity contribution >= 4 is 28.4 Å². The van der Waals surface area contributed by atoms with Crippen LogP contribution in [0, 0.1) is 11.3 Å². The largest absolute Gasteiger partial charge is 0.508 e. The summed E-state index contributed by atoms with van der Waals surface area (Å²) in [5, 5.41) is 33.0. The van der Waals surface area contributed by atoms with Crippen molar-refractivity contribution < 1.29 is 15.0 Å². The van der Waals surface area contributed by atoms with Gasteiger partial charge in [0.15, 0.2) is 0 Å². The first-order valence-corrected chi connectivity index (χ1v) is 7.51. The van der Waals surface area contributed by atoms with E-state index in [1.54, 1.807) is 6.07 Å². The van der Waals surface area contributed by atoms with Crippen LogP contribution in [0.3, 0.4) is 0 Å². The Labute approximate surface area is 144 Å². The molecule has 0 bridgehead atoms. The summed E-state index contributed by atoms with van der Waals surface area (Å²) in [6.07, 6.45) is 1.37. The number of phenolic OH excluding ortho intramolecular Hbond substituents is 2. The van der Waals surface area contributed by atoms with Crippen LogP contribution in [0.2, 0.25) is 0 Å². The van der Waals surface area contributed by atoms with E-state index in [4.69, 9.17) is 0 Å². The lowest BCUT2D eigenvalue weighted by molar-refractivity contribution is -0.112. The third-order valence-electron chi connectivity index (χ3n) is 3.73. The smallest absolute Gasteiger partial charge is 0.266 e. The number of nitriles is 1. The van der Waals surface area contributed by atoms with Crippen molar-refractivity contribution in [3.63, 3.8) is 0 Å². The van der Waals surface area contributed by atoms with Gasteiger partial charge < -0.3 is 15.5 Å². The number of carbonyl (C=O) groups excluding carboxylic acids is 1. The highest BCUT2D eigenvalue weighted by Gasteiger charge is 2.12. The maximum absolute atomic E-state index is 12.3. The molecule has 0 saturated carbocycles. The molecule has 0 saturated heterocycles. The van der Waals surface area contributed by atoms with Crippen molar-refractivity contribution in [3.05, 3.63) is 71.8 Å². The fourth-order valence-corrected chi connectivity index (χ4v) is 2.47. The van der Waals surface area contributed by atoms with Gasteiger partial charge in [-0.1, -0.05) is 30.3 Å². The topological polar surface area (TPSA) is 93.3 Å². The average molecular weight is 330 g/mol. The highest BCUT2D eigenvalue weighted by Crippen LogP contribution is 2.29. The summed E-state index contributed by atoms with van der Waals surface area (Å²) in [7, 11) is 0. The van der Waals surface area contributed by atoms with E-state index in [2.05, 4.69) is 5.32 Å². The van der Waals surface area contributed by atoms with Gasteiger partial charge in [0.1, 0.15) is 23.1 Å². The second kappa shape index (κ2) is 6.77. The molecule has 3 aromatic carbocycles. The molecular weight excluding hydrogens is 316 g/mol. The van der Waals surface area contributed by atoms with Gasteiger partial charge in [-0.3, -0.25) is 4.79 Å². The van der Waals surface area contributed by atoms with Gasteiger partial charge in [-0.15, -0.1) is 0 Å². The number of aromatic hydroxyl groups is 2. The van der Waals surface area contributed by atoms with Gasteiger partial charge in [-0.25, -0.2) is 0 Å². The van der Waals surface area contributed by atoms with Crippen molar-refractivity contribution in [2.45, 2.75) is 0 Å². The van der Waals surface area contributed by atoms with E-state index in [-0.39, 0.29) is 17.1 Å². The summed E-state index contributed by atoms with van der Waals surface area (Å²) in [6, 6.07) is 18.5. The Hall–Kier alpha value is -3.78. The minimum absolute atomic E-state index is 0.0103. The molecule has 3 aromatic rings. The van der Waals surface area contributed by atoms with Crippen molar-refractivity contribution in [2.24, 2.45) is 0 Å². The van der Waals surface area contributed by atoms with E-state index in [1.807, 2.05) is 30.3 Å². The Bertz CT molecular complexity index is 1020. The number of nitrogens with one attached hydrogen (secondary N) is 1. The lowest BCUT2D eigenvalue weighted by atomic mass is 10.0. The van der Waals surface area contributed by atoms with E-state index in [0.717, 1.165) is 10.8 Å². The molecule has 0 aliphatic carbocycles. The number of carbonyl (C=O) groups is 1. The van der Waals surface area contributed by atoms with Crippen molar-refractivity contribution in [1.29, 1.82) is 5.26 Å². The standard InChI is InChI=1S/C20H14N2O3/c21-12-14(20(25)22-15-6-8-16(23)9-7-15)11-18-17-4-2-1-3-13(17)5-10-19(18)24/h1-11,23-24H,(H,22,25)/b14-11-. The van der Waals surface area contributed by atoms with Gasteiger partial charge in [0.2, 0.25) is 0 Å². The number of amides is 1. The Morgan fingerprint density at radius 1 is 1.00 bits per heavy atom. The minimum Gasteiger partial charge on any atom is -0.508 e. The van der Waals surface area contributed by atoms with E-state index < -0.39 is 5.91 Å². The molecule has 0 spiro atoms. The molecule has 0 aromatic heterocycles. The van der Waals surface area contributed by atoms with Gasteiger partial charge in [-0.05, 0) is 47.2 Å². The van der Waals surface area contributed by atoms with Gasteiger partial charge in [0.25, 0.3) is 5.91 Å². The third kappa shape index (κ3) is 3.43. The molecule has 0 heterocycles. The number of benzene rings is 3. The monoisotopic (exact) mass is 330 g/mol. The third-order valence-corrected chi connectivity index (χ3v) is 3.73. The first kappa shape index (κ1) is 16.1. The van der Waals surface area contributed by atoms with Crippen LogP contribution in [0.1, 0.15) is 5.56 Å². The predicted molar refractivity (Wildman–Crippen MR) is 95.9 cm³/mol. The molecule has 0 unspecified atom stereocenters. The molecule has 25 heavy (non-hydrogen) atoms. The van der Waals surface area contributed by atoms with Crippen molar-refractivity contribution in [3.8, 4) is 17.6 Å². The number of fused-ring (bicyclic) bond motifs is 1. The molecular formula is C20H14N2O3. The van der Waals surface area contributed by atoms with E-state index in [1.165, 1.54) is 36.4 Å². The fourth-order valence-electron chi connectivity index (χ4n) is 2.47. The van der Waals surface area contributed by atoms with E-state index in [0.29, 0.717) is 11.3 Å². The van der Waals surface area contributed by atoms with Crippen LogP contribution in [0.25, 0.3) is 16.8 Å². The summed E-state index contributed by atoms with van der Waals surface area (Å²) in [5.74, 6) is -0.529. The van der Waals surface area contributed by atoms with Gasteiger partial charge in [0, 0.05) is 11.3 Å². The first-order chi connectivity index (χ1) is 12.1. The number of nitrogens with zero attached hydrogens (tertiary/aromatic N) is 1. The summed E-state index contributed by atoms with van der Waals surface area (Å²) in [4.78, 5) is 12.3. The Morgan fingerprint density at radius 2 is 1.72 bits per heavy atom. The SMILES string of the molecule is N#C/C(=C/c1c(O)ccc2ccccc12)C(=O)Nc1ccc(O)cc1. The Morgan fingerprint density at radius 3 is 2.44 bits per heavy atom. The Balaban J connectivity index is 1.98. The molecule has 0 atom stereocenters. The highest BCUT2D eigenvalue weighted by molar-refractivity contribution is 6.11. The molecule has 3 N–H and O–H groups in total. The predicted octanol–water partition coefficient (Wildman–Crippen LogP) is 3.80. The van der Waals surface area contributed by atoms with Crippen LogP contribution >= 0.6 is 0 Å². The molecule has 122 valence electrons. The first-order valence-electron chi connectivity index (χ1n) is 7.51. The van der Waals surface area contributed by atoms with E-state index >= 15 is 0 Å². The second-order valence-corrected chi connectivity index (χ2v) is 5.39. The summed E-state index contributed by atoms with van der Waals surface area (Å²) in [6.45, 7) is 0. The number of anilines is 1. The lowest BCUT2D eigenvalue weighted by Gasteiger charge is -2.07. The fraction of sp³-hybridized carbons (Fsp3) is 0. The van der Waals surface area contributed by atoms with Crippen LogP contribution in [0.5, 0.6) is 11.5 Å². The molecule has 0 aliphatic heterocycles. The maximum atomic E-state index is 12.3. The molecule has 0 aliphatic rings. The molecule has 1 amide bonds. The van der Waals surface area contributed by atoms with Gasteiger partial charge in [0.05, 0.1) is 0 Å². The van der Waals surface area contributed by atoms with Crippen molar-refractivity contribution in [1.82, 2.24) is 0 Å². The van der Waals surface area contributed by atoms with Crippen LogP contribution in [-0.4, -0.2) is 16.1 Å². The van der Waals surface area contributed by atoms with Gasteiger partial charge >= 0.3 is 0 Å². The minimum atomic E-state index is -0.597. The molecule has 3 rings (SSSR count). The average Bonchev–Trinajstić information content (AvgIpc) is 2.63. The number of phenols is 2. The lowest BCUT2D eigenvalue weighted by Crippen LogP contribution is -2.13.